The lowest BCUT2D eigenvalue weighted by molar-refractivity contribution is 0.247. The third kappa shape index (κ3) is 3.25. The van der Waals surface area contributed by atoms with Crippen LogP contribution in [0.15, 0.2) is 11.4 Å². The van der Waals surface area contributed by atoms with Crippen molar-refractivity contribution in [2.24, 2.45) is 5.73 Å². The molecular formula is C8H14ClN3S. The molecule has 0 aromatic carbocycles. The van der Waals surface area contributed by atoms with E-state index in [2.05, 4.69) is 5.43 Å². The Balaban J connectivity index is 2.66. The average Bonchev–Trinajstić information content (AvgIpc) is 2.47. The number of halogens is 1. The first-order valence-corrected chi connectivity index (χ1v) is 5.26. The third-order valence-electron chi connectivity index (χ3n) is 1.58. The molecule has 0 amide bonds. The van der Waals surface area contributed by atoms with E-state index in [-0.39, 0.29) is 6.04 Å². The van der Waals surface area contributed by atoms with Crippen LogP contribution in [-0.2, 0) is 0 Å². The fourth-order valence-electron chi connectivity index (χ4n) is 1.06. The van der Waals surface area contributed by atoms with E-state index in [0.717, 1.165) is 5.02 Å². The SMILES string of the molecule is CN(C)NC(CN)c1cc(Cl)cs1. The number of hydrogen-bond donors (Lipinski definition) is 2. The summed E-state index contributed by atoms with van der Waals surface area (Å²) in [7, 11) is 3.88. The molecule has 0 saturated heterocycles. The van der Waals surface area contributed by atoms with Crippen molar-refractivity contribution in [3.8, 4) is 0 Å². The molecule has 0 radical (unpaired) electrons. The van der Waals surface area contributed by atoms with Gasteiger partial charge in [-0.3, -0.25) is 0 Å². The summed E-state index contributed by atoms with van der Waals surface area (Å²) in [6.45, 7) is 0.565. The standard InChI is InChI=1S/C8H14ClN3S/c1-12(2)11-7(4-10)8-3-6(9)5-13-8/h3,5,7,11H,4,10H2,1-2H3. The van der Waals surface area contributed by atoms with Crippen LogP contribution in [0.25, 0.3) is 0 Å². The zero-order valence-corrected chi connectivity index (χ0v) is 9.32. The lowest BCUT2D eigenvalue weighted by Crippen LogP contribution is -2.37. The smallest absolute Gasteiger partial charge is 0.0680 e. The molecule has 0 aliphatic rings. The van der Waals surface area contributed by atoms with Crippen LogP contribution < -0.4 is 11.2 Å². The van der Waals surface area contributed by atoms with E-state index in [1.807, 2.05) is 30.6 Å². The lowest BCUT2D eigenvalue weighted by atomic mass is 10.2. The van der Waals surface area contributed by atoms with E-state index < -0.39 is 0 Å². The molecule has 0 bridgehead atoms. The van der Waals surface area contributed by atoms with Gasteiger partial charge < -0.3 is 5.73 Å². The van der Waals surface area contributed by atoms with Crippen molar-refractivity contribution in [2.45, 2.75) is 6.04 Å². The summed E-state index contributed by atoms with van der Waals surface area (Å²) in [6.07, 6.45) is 0. The first-order chi connectivity index (χ1) is 6.13. The second-order valence-electron chi connectivity index (χ2n) is 2.98. The van der Waals surface area contributed by atoms with E-state index in [0.29, 0.717) is 6.54 Å². The molecule has 0 aliphatic carbocycles. The molecule has 0 saturated carbocycles. The second kappa shape index (κ2) is 4.93. The zero-order valence-electron chi connectivity index (χ0n) is 7.75. The van der Waals surface area contributed by atoms with Crippen molar-refractivity contribution in [1.29, 1.82) is 0 Å². The highest BCUT2D eigenvalue weighted by atomic mass is 35.5. The molecule has 0 aliphatic heterocycles. The van der Waals surface area contributed by atoms with Crippen molar-refractivity contribution < 1.29 is 0 Å². The molecule has 1 rings (SSSR count). The van der Waals surface area contributed by atoms with Crippen molar-refractivity contribution >= 4 is 22.9 Å². The van der Waals surface area contributed by atoms with Crippen molar-refractivity contribution in [1.82, 2.24) is 10.4 Å². The van der Waals surface area contributed by atoms with Gasteiger partial charge in [0.15, 0.2) is 0 Å². The van der Waals surface area contributed by atoms with Crippen LogP contribution in [-0.4, -0.2) is 25.6 Å². The summed E-state index contributed by atoms with van der Waals surface area (Å²) in [5, 5.41) is 4.58. The molecule has 1 atom stereocenters. The minimum atomic E-state index is 0.160. The van der Waals surface area contributed by atoms with Gasteiger partial charge in [0.1, 0.15) is 0 Å². The van der Waals surface area contributed by atoms with E-state index in [1.54, 1.807) is 11.3 Å². The first-order valence-electron chi connectivity index (χ1n) is 4.01. The molecule has 74 valence electrons. The first kappa shape index (κ1) is 10.9. The Hall–Kier alpha value is -0.130. The Bertz CT molecular complexity index is 262. The van der Waals surface area contributed by atoms with Crippen LogP contribution in [0.2, 0.25) is 5.02 Å². The molecule has 13 heavy (non-hydrogen) atoms. The summed E-state index contributed by atoms with van der Waals surface area (Å²) < 4.78 is 0. The summed E-state index contributed by atoms with van der Waals surface area (Å²) in [5.74, 6) is 0. The van der Waals surface area contributed by atoms with Crippen LogP contribution >= 0.6 is 22.9 Å². The highest BCUT2D eigenvalue weighted by Gasteiger charge is 2.11. The monoisotopic (exact) mass is 219 g/mol. The quantitative estimate of drug-likeness (QED) is 0.754. The number of thiophene rings is 1. The third-order valence-corrected chi connectivity index (χ3v) is 2.97. The predicted octanol–water partition coefficient (Wildman–Crippen LogP) is 1.47. The Morgan fingerprint density at radius 2 is 2.38 bits per heavy atom. The molecular weight excluding hydrogens is 206 g/mol. The molecule has 1 aromatic heterocycles. The highest BCUT2D eigenvalue weighted by molar-refractivity contribution is 7.10. The maximum absolute atomic E-state index is 5.83. The van der Waals surface area contributed by atoms with Gasteiger partial charge in [-0.15, -0.1) is 11.3 Å². The molecule has 3 N–H and O–H groups in total. The lowest BCUT2D eigenvalue weighted by Gasteiger charge is -2.20. The van der Waals surface area contributed by atoms with E-state index in [9.17, 15) is 0 Å². The largest absolute Gasteiger partial charge is 0.329 e. The summed E-state index contributed by atoms with van der Waals surface area (Å²) in [6, 6.07) is 2.10. The number of nitrogens with zero attached hydrogens (tertiary/aromatic N) is 1. The molecule has 0 fully saturated rings. The minimum absolute atomic E-state index is 0.160. The number of rotatable bonds is 4. The van der Waals surface area contributed by atoms with E-state index in [4.69, 9.17) is 17.3 Å². The second-order valence-corrected chi connectivity index (χ2v) is 4.36. The van der Waals surface area contributed by atoms with Gasteiger partial charge in [0.2, 0.25) is 0 Å². The maximum Gasteiger partial charge on any atom is 0.0680 e. The number of nitrogens with two attached hydrogens (primary N) is 1. The van der Waals surface area contributed by atoms with Gasteiger partial charge in [0.05, 0.1) is 11.1 Å². The Morgan fingerprint density at radius 1 is 1.69 bits per heavy atom. The maximum atomic E-state index is 5.83. The van der Waals surface area contributed by atoms with Crippen LogP contribution in [0.5, 0.6) is 0 Å². The van der Waals surface area contributed by atoms with Gasteiger partial charge in [0, 0.05) is 30.9 Å². The molecule has 5 heteroatoms. The summed E-state index contributed by atoms with van der Waals surface area (Å²) in [4.78, 5) is 1.17. The Kier molecular flexibility index (Phi) is 4.15. The van der Waals surface area contributed by atoms with Gasteiger partial charge in [-0.2, -0.15) is 0 Å². The van der Waals surface area contributed by atoms with Crippen molar-refractivity contribution in [3.05, 3.63) is 21.3 Å². The average molecular weight is 220 g/mol. The van der Waals surface area contributed by atoms with Gasteiger partial charge in [0.25, 0.3) is 0 Å². The number of nitrogens with one attached hydrogen (secondary N) is 1. The fraction of sp³-hybridized carbons (Fsp3) is 0.500. The predicted molar refractivity (Wildman–Crippen MR) is 57.9 cm³/mol. The molecule has 3 nitrogen and oxygen atoms in total. The van der Waals surface area contributed by atoms with Crippen LogP contribution in [0.3, 0.4) is 0 Å². The van der Waals surface area contributed by atoms with Crippen molar-refractivity contribution in [2.75, 3.05) is 20.6 Å². The zero-order chi connectivity index (χ0) is 9.84. The topological polar surface area (TPSA) is 41.3 Å². The molecule has 1 unspecified atom stereocenters. The van der Waals surface area contributed by atoms with Crippen LogP contribution in [0.4, 0.5) is 0 Å². The normalized spacial score (nSPS) is 13.6. The molecule has 0 spiro atoms. The number of hydrogen-bond acceptors (Lipinski definition) is 4. The number of hydrazine groups is 1. The van der Waals surface area contributed by atoms with Crippen molar-refractivity contribution in [3.63, 3.8) is 0 Å². The fourth-order valence-corrected chi connectivity index (χ4v) is 2.20. The van der Waals surface area contributed by atoms with E-state index >= 15 is 0 Å². The van der Waals surface area contributed by atoms with Gasteiger partial charge in [-0.25, -0.2) is 10.4 Å². The Labute approximate surface area is 87.5 Å². The van der Waals surface area contributed by atoms with Gasteiger partial charge >= 0.3 is 0 Å². The van der Waals surface area contributed by atoms with Crippen LogP contribution in [0.1, 0.15) is 10.9 Å². The Morgan fingerprint density at radius 3 is 2.77 bits per heavy atom. The highest BCUT2D eigenvalue weighted by Crippen LogP contribution is 2.24. The van der Waals surface area contributed by atoms with E-state index in [1.165, 1.54) is 4.88 Å². The molecule has 1 aromatic rings. The van der Waals surface area contributed by atoms with Gasteiger partial charge in [-0.05, 0) is 6.07 Å². The molecule has 1 heterocycles. The summed E-state index contributed by atoms with van der Waals surface area (Å²) >= 11 is 7.45. The van der Waals surface area contributed by atoms with Crippen LogP contribution in [0, 0.1) is 0 Å². The minimum Gasteiger partial charge on any atom is -0.329 e. The van der Waals surface area contributed by atoms with Gasteiger partial charge in [-0.1, -0.05) is 11.6 Å². The summed E-state index contributed by atoms with van der Waals surface area (Å²) in [5.41, 5.74) is 8.86.